The summed E-state index contributed by atoms with van der Waals surface area (Å²) in [6, 6.07) is 7.18. The zero-order chi connectivity index (χ0) is 8.27. The highest BCUT2D eigenvalue weighted by Gasteiger charge is 1.95. The lowest BCUT2D eigenvalue weighted by atomic mass is 10.1. The van der Waals surface area contributed by atoms with Crippen LogP contribution in [0, 0.1) is 6.92 Å². The Morgan fingerprint density at radius 1 is 1.36 bits per heavy atom. The van der Waals surface area contributed by atoms with E-state index in [1.165, 1.54) is 0 Å². The van der Waals surface area contributed by atoms with Crippen molar-refractivity contribution >= 4 is 17.4 Å². The Bertz CT molecular complexity index is 251. The molecule has 1 rings (SSSR count). The van der Waals surface area contributed by atoms with E-state index in [9.17, 15) is 4.79 Å². The molecule has 1 nitrogen and oxygen atoms in total. The Hall–Kier alpha value is -0.820. The number of hydrogen-bond donors (Lipinski definition) is 0. The third-order valence-corrected chi connectivity index (χ3v) is 1.57. The third kappa shape index (κ3) is 2.72. The van der Waals surface area contributed by atoms with Crippen LogP contribution in [0.15, 0.2) is 24.3 Å². The van der Waals surface area contributed by atoms with Crippen molar-refractivity contribution < 1.29 is 4.79 Å². The fraction of sp³-hybridized carbons (Fsp3) is 0.111. The second-order valence-corrected chi connectivity index (χ2v) is 2.78. The van der Waals surface area contributed by atoms with Gasteiger partial charge in [0.05, 0.1) is 0 Å². The number of hydrogen-bond acceptors (Lipinski definition) is 1. The lowest BCUT2D eigenvalue weighted by molar-refractivity contribution is -0.114. The normalized spacial score (nSPS) is 9.64. The highest BCUT2D eigenvalue weighted by atomic mass is 35.5. The van der Waals surface area contributed by atoms with Crippen molar-refractivity contribution in [2.75, 3.05) is 0 Å². The molecule has 0 unspecified atom stereocenters. The van der Waals surface area contributed by atoms with Crippen molar-refractivity contribution in [2.45, 2.75) is 6.42 Å². The van der Waals surface area contributed by atoms with Crippen molar-refractivity contribution in [3.63, 3.8) is 0 Å². The Morgan fingerprint density at radius 2 is 1.91 bits per heavy atom. The molecule has 0 N–H and O–H groups in total. The van der Waals surface area contributed by atoms with Gasteiger partial charge in [0.15, 0.2) is 0 Å². The molecule has 0 fully saturated rings. The van der Waals surface area contributed by atoms with E-state index in [2.05, 4.69) is 6.92 Å². The van der Waals surface area contributed by atoms with E-state index >= 15 is 0 Å². The number of halogens is 1. The maximum absolute atomic E-state index is 10.6. The number of rotatable bonds is 2. The van der Waals surface area contributed by atoms with Gasteiger partial charge in [0.1, 0.15) is 5.78 Å². The Kier molecular flexibility index (Phi) is 2.66. The van der Waals surface area contributed by atoms with E-state index in [0.717, 1.165) is 5.56 Å². The maximum atomic E-state index is 10.6. The summed E-state index contributed by atoms with van der Waals surface area (Å²) in [4.78, 5) is 10.6. The van der Waals surface area contributed by atoms with Crippen LogP contribution in [-0.4, -0.2) is 5.78 Å². The van der Waals surface area contributed by atoms with Crippen molar-refractivity contribution in [2.24, 2.45) is 0 Å². The van der Waals surface area contributed by atoms with Crippen molar-refractivity contribution in [1.29, 1.82) is 0 Å². The smallest absolute Gasteiger partial charge is 0.137 e. The fourth-order valence-corrected chi connectivity index (χ4v) is 0.956. The quantitative estimate of drug-likeness (QED) is 0.661. The van der Waals surface area contributed by atoms with Crippen LogP contribution < -0.4 is 0 Å². The highest BCUT2D eigenvalue weighted by molar-refractivity contribution is 6.30. The van der Waals surface area contributed by atoms with Gasteiger partial charge in [-0.15, -0.1) is 0 Å². The first kappa shape index (κ1) is 8.28. The van der Waals surface area contributed by atoms with Gasteiger partial charge >= 0.3 is 0 Å². The summed E-state index contributed by atoms with van der Waals surface area (Å²) in [7, 11) is 0. The van der Waals surface area contributed by atoms with Crippen LogP contribution in [-0.2, 0) is 11.2 Å². The summed E-state index contributed by atoms with van der Waals surface area (Å²) in [5.41, 5.74) is 0.953. The topological polar surface area (TPSA) is 17.1 Å². The van der Waals surface area contributed by atoms with Gasteiger partial charge in [0, 0.05) is 18.4 Å². The predicted octanol–water partition coefficient (Wildman–Crippen LogP) is 2.29. The molecule has 0 atom stereocenters. The monoisotopic (exact) mass is 167 g/mol. The van der Waals surface area contributed by atoms with E-state index < -0.39 is 0 Å². The Labute approximate surface area is 71.0 Å². The molecule has 0 aliphatic heterocycles. The molecule has 2 heteroatoms. The predicted molar refractivity (Wildman–Crippen MR) is 45.5 cm³/mol. The highest BCUT2D eigenvalue weighted by Crippen LogP contribution is 2.09. The van der Waals surface area contributed by atoms with E-state index in [1.54, 1.807) is 12.1 Å². The zero-order valence-electron chi connectivity index (χ0n) is 6.01. The van der Waals surface area contributed by atoms with Crippen molar-refractivity contribution in [1.82, 2.24) is 0 Å². The Balaban J connectivity index is 2.74. The van der Waals surface area contributed by atoms with Crippen LogP contribution in [0.3, 0.4) is 0 Å². The van der Waals surface area contributed by atoms with E-state index in [1.807, 2.05) is 12.1 Å². The molecular weight excluding hydrogens is 160 g/mol. The van der Waals surface area contributed by atoms with Crippen LogP contribution in [0.5, 0.6) is 0 Å². The van der Waals surface area contributed by atoms with E-state index in [-0.39, 0.29) is 5.78 Å². The summed E-state index contributed by atoms with van der Waals surface area (Å²) in [6.07, 6.45) is 0.386. The molecule has 1 radical (unpaired) electrons. The summed E-state index contributed by atoms with van der Waals surface area (Å²) in [5, 5.41) is 0.685. The molecule has 0 aliphatic rings. The molecule has 11 heavy (non-hydrogen) atoms. The SMILES string of the molecule is [CH2]C(=O)Cc1ccc(Cl)cc1. The van der Waals surface area contributed by atoms with Gasteiger partial charge < -0.3 is 0 Å². The number of Topliss-reactive ketones (excluding diaryl/α,β-unsaturated/α-hetero) is 1. The summed E-state index contributed by atoms with van der Waals surface area (Å²) >= 11 is 5.65. The molecule has 0 amide bonds. The molecule has 0 spiro atoms. The second-order valence-electron chi connectivity index (χ2n) is 2.34. The number of carbonyl (C=O) groups excluding carboxylic acids is 1. The van der Waals surface area contributed by atoms with Crippen LogP contribution in [0.1, 0.15) is 5.56 Å². The lowest BCUT2D eigenvalue weighted by Gasteiger charge is -1.95. The molecule has 0 saturated heterocycles. The van der Waals surface area contributed by atoms with Gasteiger partial charge in [-0.25, -0.2) is 0 Å². The summed E-state index contributed by atoms with van der Waals surface area (Å²) in [5.74, 6) is -0.0766. The Morgan fingerprint density at radius 3 is 2.36 bits per heavy atom. The van der Waals surface area contributed by atoms with E-state index in [0.29, 0.717) is 11.4 Å². The van der Waals surface area contributed by atoms with Crippen LogP contribution in [0.2, 0.25) is 5.02 Å². The maximum Gasteiger partial charge on any atom is 0.137 e. The first-order chi connectivity index (χ1) is 5.18. The average Bonchev–Trinajstić information content (AvgIpc) is 1.93. The average molecular weight is 168 g/mol. The summed E-state index contributed by atoms with van der Waals surface area (Å²) < 4.78 is 0. The molecule has 0 aromatic heterocycles. The standard InChI is InChI=1S/C9H8ClO/c1-7(11)6-8-2-4-9(10)5-3-8/h2-5H,1,6H2. The molecule has 1 aromatic carbocycles. The van der Waals surface area contributed by atoms with Gasteiger partial charge in [-0.2, -0.15) is 0 Å². The largest absolute Gasteiger partial charge is 0.299 e. The fourth-order valence-electron chi connectivity index (χ4n) is 0.830. The van der Waals surface area contributed by atoms with Gasteiger partial charge in [-0.1, -0.05) is 23.7 Å². The molecule has 57 valence electrons. The number of benzene rings is 1. The van der Waals surface area contributed by atoms with Crippen LogP contribution in [0.4, 0.5) is 0 Å². The third-order valence-electron chi connectivity index (χ3n) is 1.31. The van der Waals surface area contributed by atoms with Crippen LogP contribution >= 0.6 is 11.6 Å². The molecular formula is C9H8ClO. The van der Waals surface area contributed by atoms with Gasteiger partial charge in [-0.05, 0) is 17.7 Å². The zero-order valence-corrected chi connectivity index (χ0v) is 6.77. The minimum atomic E-state index is -0.0766. The van der Waals surface area contributed by atoms with Gasteiger partial charge in [0.25, 0.3) is 0 Å². The van der Waals surface area contributed by atoms with Gasteiger partial charge in [0.2, 0.25) is 0 Å². The summed E-state index contributed by atoms with van der Waals surface area (Å²) in [6.45, 7) is 3.28. The first-order valence-corrected chi connectivity index (χ1v) is 3.65. The molecule has 1 aromatic rings. The minimum Gasteiger partial charge on any atom is -0.299 e. The van der Waals surface area contributed by atoms with Crippen LogP contribution in [0.25, 0.3) is 0 Å². The second kappa shape index (κ2) is 3.54. The van der Waals surface area contributed by atoms with Crippen molar-refractivity contribution in [3.05, 3.63) is 41.8 Å². The van der Waals surface area contributed by atoms with Crippen molar-refractivity contribution in [3.8, 4) is 0 Å². The van der Waals surface area contributed by atoms with Gasteiger partial charge in [-0.3, -0.25) is 4.79 Å². The minimum absolute atomic E-state index is 0.0766. The molecule has 0 saturated carbocycles. The lowest BCUT2D eigenvalue weighted by Crippen LogP contribution is -1.95. The molecule has 0 heterocycles. The molecule has 0 aliphatic carbocycles. The number of ketones is 1. The van der Waals surface area contributed by atoms with E-state index in [4.69, 9.17) is 11.6 Å². The molecule has 0 bridgehead atoms. The first-order valence-electron chi connectivity index (χ1n) is 3.28. The number of carbonyl (C=O) groups is 1.